The molecule has 18 heavy (non-hydrogen) atoms. The molecular formula is C13H18N2O2S. The summed E-state index contributed by atoms with van der Waals surface area (Å²) in [6.07, 6.45) is 0. The van der Waals surface area contributed by atoms with E-state index in [9.17, 15) is 4.79 Å². The number of likely N-dealkylation sites (N-methyl/N-ethyl adjacent to an activating group) is 1. The van der Waals surface area contributed by atoms with E-state index in [1.165, 1.54) is 11.3 Å². The van der Waals surface area contributed by atoms with Crippen LogP contribution >= 0.6 is 11.3 Å². The Morgan fingerprint density at radius 2 is 2.39 bits per heavy atom. The third-order valence-corrected chi connectivity index (χ3v) is 3.40. The smallest absolute Gasteiger partial charge is 0.254 e. The highest BCUT2D eigenvalue weighted by Crippen LogP contribution is 2.16. The van der Waals surface area contributed by atoms with E-state index in [4.69, 9.17) is 10.5 Å². The van der Waals surface area contributed by atoms with Crippen LogP contribution in [-0.4, -0.2) is 44.2 Å². The van der Waals surface area contributed by atoms with Gasteiger partial charge in [0, 0.05) is 19.5 Å². The molecule has 0 aliphatic carbocycles. The van der Waals surface area contributed by atoms with Gasteiger partial charge in [-0.25, -0.2) is 0 Å². The van der Waals surface area contributed by atoms with Crippen molar-refractivity contribution in [3.63, 3.8) is 0 Å². The Morgan fingerprint density at radius 1 is 1.67 bits per heavy atom. The summed E-state index contributed by atoms with van der Waals surface area (Å²) >= 11 is 1.45. The highest BCUT2D eigenvalue weighted by Gasteiger charge is 2.18. The summed E-state index contributed by atoms with van der Waals surface area (Å²) in [5.74, 6) is 5.68. The highest BCUT2D eigenvalue weighted by molar-refractivity contribution is 7.10. The summed E-state index contributed by atoms with van der Waals surface area (Å²) < 4.78 is 5.04. The van der Waals surface area contributed by atoms with Crippen molar-refractivity contribution in [1.29, 1.82) is 0 Å². The third-order valence-electron chi connectivity index (χ3n) is 2.55. The maximum absolute atomic E-state index is 12.2. The second-order valence-corrected chi connectivity index (χ2v) is 4.84. The molecule has 98 valence electrons. The topological polar surface area (TPSA) is 55.6 Å². The van der Waals surface area contributed by atoms with Crippen molar-refractivity contribution in [2.45, 2.75) is 13.0 Å². The van der Waals surface area contributed by atoms with Gasteiger partial charge in [-0.05, 0) is 13.0 Å². The number of carbonyl (C=O) groups is 1. The zero-order valence-corrected chi connectivity index (χ0v) is 11.7. The average molecular weight is 266 g/mol. The maximum Gasteiger partial charge on any atom is 0.254 e. The van der Waals surface area contributed by atoms with Crippen LogP contribution in [0, 0.1) is 11.8 Å². The second kappa shape index (κ2) is 7.17. The lowest BCUT2D eigenvalue weighted by Gasteiger charge is -2.23. The van der Waals surface area contributed by atoms with Gasteiger partial charge in [0.15, 0.2) is 0 Å². The van der Waals surface area contributed by atoms with E-state index in [0.717, 1.165) is 4.88 Å². The molecule has 0 spiro atoms. The second-order valence-electron chi connectivity index (χ2n) is 3.93. The molecule has 0 aliphatic rings. The van der Waals surface area contributed by atoms with Crippen LogP contribution in [0.25, 0.3) is 0 Å². The minimum absolute atomic E-state index is 0.0170. The van der Waals surface area contributed by atoms with Gasteiger partial charge in [-0.2, -0.15) is 0 Å². The van der Waals surface area contributed by atoms with E-state index >= 15 is 0 Å². The molecule has 0 saturated carbocycles. The standard InChI is InChI=1S/C13H18N2O2S/c1-10(8-17-3)15(2)13(16)11-7-12(18-9-11)5-4-6-14/h7,9-10H,6,8,14H2,1-3H3. The molecular weight excluding hydrogens is 248 g/mol. The van der Waals surface area contributed by atoms with E-state index < -0.39 is 0 Å². The molecule has 1 heterocycles. The van der Waals surface area contributed by atoms with E-state index in [2.05, 4.69) is 11.8 Å². The number of nitrogens with zero attached hydrogens (tertiary/aromatic N) is 1. The number of methoxy groups -OCH3 is 1. The number of ether oxygens (including phenoxy) is 1. The molecule has 4 nitrogen and oxygen atoms in total. The lowest BCUT2D eigenvalue weighted by atomic mass is 10.2. The first kappa shape index (κ1) is 14.7. The van der Waals surface area contributed by atoms with Crippen molar-refractivity contribution in [2.24, 2.45) is 5.73 Å². The van der Waals surface area contributed by atoms with Crippen LogP contribution in [0.1, 0.15) is 22.2 Å². The molecule has 5 heteroatoms. The monoisotopic (exact) mass is 266 g/mol. The van der Waals surface area contributed by atoms with E-state index in [1.807, 2.05) is 12.3 Å². The fourth-order valence-electron chi connectivity index (χ4n) is 1.41. The van der Waals surface area contributed by atoms with E-state index in [0.29, 0.717) is 18.7 Å². The molecule has 1 aromatic rings. The molecule has 0 aromatic carbocycles. The van der Waals surface area contributed by atoms with Crippen LogP contribution in [-0.2, 0) is 4.74 Å². The van der Waals surface area contributed by atoms with Gasteiger partial charge >= 0.3 is 0 Å². The average Bonchev–Trinajstić information content (AvgIpc) is 2.83. The van der Waals surface area contributed by atoms with Crippen LogP contribution in [0.3, 0.4) is 0 Å². The summed E-state index contributed by atoms with van der Waals surface area (Å²) in [6.45, 7) is 2.79. The highest BCUT2D eigenvalue weighted by atomic mass is 32.1. The Kier molecular flexibility index (Phi) is 5.86. The quantitative estimate of drug-likeness (QED) is 0.832. The molecule has 0 fully saturated rings. The van der Waals surface area contributed by atoms with Gasteiger partial charge in [0.2, 0.25) is 0 Å². The van der Waals surface area contributed by atoms with Crippen LogP contribution < -0.4 is 5.73 Å². The molecule has 1 atom stereocenters. The lowest BCUT2D eigenvalue weighted by molar-refractivity contribution is 0.0634. The Morgan fingerprint density at radius 3 is 3.00 bits per heavy atom. The zero-order valence-electron chi connectivity index (χ0n) is 10.9. The first-order valence-corrected chi connectivity index (χ1v) is 6.51. The summed E-state index contributed by atoms with van der Waals surface area (Å²) in [5, 5.41) is 1.82. The molecule has 0 radical (unpaired) electrons. The van der Waals surface area contributed by atoms with Crippen LogP contribution in [0.4, 0.5) is 0 Å². The van der Waals surface area contributed by atoms with E-state index in [1.54, 1.807) is 25.1 Å². The number of thiophene rings is 1. The number of nitrogens with two attached hydrogens (primary N) is 1. The summed E-state index contributed by atoms with van der Waals surface area (Å²) in [4.78, 5) is 14.7. The summed E-state index contributed by atoms with van der Waals surface area (Å²) in [5.41, 5.74) is 5.97. The Balaban J connectivity index is 2.75. The van der Waals surface area contributed by atoms with Crippen molar-refractivity contribution < 1.29 is 9.53 Å². The maximum atomic E-state index is 12.2. The van der Waals surface area contributed by atoms with Gasteiger partial charge in [0.1, 0.15) is 0 Å². The zero-order chi connectivity index (χ0) is 13.5. The minimum atomic E-state index is -0.0170. The van der Waals surface area contributed by atoms with Gasteiger partial charge in [-0.15, -0.1) is 11.3 Å². The van der Waals surface area contributed by atoms with Gasteiger partial charge in [-0.1, -0.05) is 11.8 Å². The molecule has 0 aliphatic heterocycles. The largest absolute Gasteiger partial charge is 0.383 e. The number of amides is 1. The predicted octanol–water partition coefficient (Wildman–Crippen LogP) is 1.17. The minimum Gasteiger partial charge on any atom is -0.383 e. The fraction of sp³-hybridized carbons (Fsp3) is 0.462. The van der Waals surface area contributed by atoms with Crippen LogP contribution in [0.5, 0.6) is 0 Å². The van der Waals surface area contributed by atoms with Crippen LogP contribution in [0.15, 0.2) is 11.4 Å². The first-order chi connectivity index (χ1) is 8.60. The SMILES string of the molecule is COCC(C)N(C)C(=O)c1csc(C#CCN)c1. The Labute approximate surface area is 112 Å². The number of hydrogen-bond acceptors (Lipinski definition) is 4. The van der Waals surface area contributed by atoms with Crippen molar-refractivity contribution in [3.05, 3.63) is 21.9 Å². The number of carbonyl (C=O) groups excluding carboxylic acids is 1. The number of hydrogen-bond donors (Lipinski definition) is 1. The molecule has 0 bridgehead atoms. The molecule has 1 amide bonds. The first-order valence-electron chi connectivity index (χ1n) is 5.63. The predicted molar refractivity (Wildman–Crippen MR) is 73.7 cm³/mol. The van der Waals surface area contributed by atoms with Crippen LogP contribution in [0.2, 0.25) is 0 Å². The van der Waals surface area contributed by atoms with Crippen molar-refractivity contribution in [1.82, 2.24) is 4.90 Å². The summed E-state index contributed by atoms with van der Waals surface area (Å²) in [6, 6.07) is 1.84. The summed E-state index contributed by atoms with van der Waals surface area (Å²) in [7, 11) is 3.40. The van der Waals surface area contributed by atoms with Crippen molar-refractivity contribution >= 4 is 17.2 Å². The molecule has 1 unspecified atom stereocenters. The molecule has 2 N–H and O–H groups in total. The molecule has 0 saturated heterocycles. The number of rotatable bonds is 4. The van der Waals surface area contributed by atoms with Gasteiger partial charge in [0.25, 0.3) is 5.91 Å². The molecule has 1 rings (SSSR count). The van der Waals surface area contributed by atoms with E-state index in [-0.39, 0.29) is 11.9 Å². The Hall–Kier alpha value is -1.35. The van der Waals surface area contributed by atoms with Gasteiger partial charge in [0.05, 0.1) is 29.6 Å². The fourth-order valence-corrected chi connectivity index (χ4v) is 2.16. The Bertz CT molecular complexity index is 459. The lowest BCUT2D eigenvalue weighted by Crippen LogP contribution is -2.37. The van der Waals surface area contributed by atoms with Crippen molar-refractivity contribution in [3.8, 4) is 11.8 Å². The van der Waals surface area contributed by atoms with Gasteiger partial charge in [-0.3, -0.25) is 4.79 Å². The molecule has 1 aromatic heterocycles. The third kappa shape index (κ3) is 3.84. The van der Waals surface area contributed by atoms with Crippen molar-refractivity contribution in [2.75, 3.05) is 27.3 Å². The van der Waals surface area contributed by atoms with Gasteiger partial charge < -0.3 is 15.4 Å². The normalized spacial score (nSPS) is 11.6.